The molecule has 2 rings (SSSR count). The van der Waals surface area contributed by atoms with E-state index in [1.165, 1.54) is 5.56 Å². The van der Waals surface area contributed by atoms with Crippen LogP contribution in [0.4, 0.5) is 5.69 Å². The number of carboxylic acids is 1. The summed E-state index contributed by atoms with van der Waals surface area (Å²) in [6, 6.07) is 10.7. The maximum absolute atomic E-state index is 10.7. The minimum Gasteiger partial charge on any atom is -0.478 e. The van der Waals surface area contributed by atoms with E-state index < -0.39 is 5.97 Å². The van der Waals surface area contributed by atoms with Crippen molar-refractivity contribution in [2.45, 2.75) is 6.42 Å². The largest absolute Gasteiger partial charge is 0.478 e. The number of aromatic carboxylic acids is 1. The molecule has 0 bridgehead atoms. The van der Waals surface area contributed by atoms with Gasteiger partial charge in [-0.15, -0.1) is 0 Å². The average molecular weight is 242 g/mol. The number of benzene rings is 1. The Morgan fingerprint density at radius 2 is 2.00 bits per heavy atom. The minimum atomic E-state index is -0.906. The summed E-state index contributed by atoms with van der Waals surface area (Å²) in [4.78, 5) is 14.7. The number of hydrogen-bond acceptors (Lipinski definition) is 3. The van der Waals surface area contributed by atoms with E-state index in [-0.39, 0.29) is 0 Å². The average Bonchev–Trinajstić information content (AvgIpc) is 2.40. The number of nitrogens with one attached hydrogen (secondary N) is 1. The first-order valence-electron chi connectivity index (χ1n) is 5.72. The van der Waals surface area contributed by atoms with Crippen LogP contribution in [0.15, 0.2) is 48.8 Å². The van der Waals surface area contributed by atoms with Crippen LogP contribution in [0.3, 0.4) is 0 Å². The quantitative estimate of drug-likeness (QED) is 0.845. The molecule has 0 unspecified atom stereocenters. The molecule has 0 saturated carbocycles. The number of carboxylic acid groups (broad SMARTS) is 1. The highest BCUT2D eigenvalue weighted by atomic mass is 16.4. The fraction of sp³-hybridized carbons (Fsp3) is 0.143. The molecule has 2 N–H and O–H groups in total. The Morgan fingerprint density at radius 3 is 2.61 bits per heavy atom. The second-order valence-electron chi connectivity index (χ2n) is 3.92. The van der Waals surface area contributed by atoms with Crippen LogP contribution in [0, 0.1) is 0 Å². The van der Waals surface area contributed by atoms with Crippen LogP contribution >= 0.6 is 0 Å². The number of rotatable bonds is 5. The van der Waals surface area contributed by atoms with E-state index in [1.54, 1.807) is 30.5 Å². The van der Waals surface area contributed by atoms with E-state index in [0.29, 0.717) is 5.56 Å². The second kappa shape index (κ2) is 5.82. The molecule has 0 saturated heterocycles. The van der Waals surface area contributed by atoms with E-state index in [2.05, 4.69) is 10.3 Å². The molecule has 0 spiro atoms. The molecule has 0 aliphatic rings. The molecule has 1 heterocycles. The fourth-order valence-corrected chi connectivity index (χ4v) is 1.63. The first kappa shape index (κ1) is 12.1. The lowest BCUT2D eigenvalue weighted by Crippen LogP contribution is -2.05. The zero-order valence-corrected chi connectivity index (χ0v) is 9.84. The molecule has 0 fully saturated rings. The molecule has 18 heavy (non-hydrogen) atoms. The first-order valence-corrected chi connectivity index (χ1v) is 5.72. The zero-order valence-electron chi connectivity index (χ0n) is 9.84. The summed E-state index contributed by atoms with van der Waals surface area (Å²) in [5.74, 6) is -0.906. The van der Waals surface area contributed by atoms with Crippen molar-refractivity contribution in [1.82, 2.24) is 4.98 Å². The highest BCUT2D eigenvalue weighted by Crippen LogP contribution is 2.09. The maximum Gasteiger partial charge on any atom is 0.335 e. The number of anilines is 1. The molecular weight excluding hydrogens is 228 g/mol. The fourth-order valence-electron chi connectivity index (χ4n) is 1.63. The molecule has 4 nitrogen and oxygen atoms in total. The van der Waals surface area contributed by atoms with Crippen LogP contribution in [-0.4, -0.2) is 22.6 Å². The van der Waals surface area contributed by atoms with Gasteiger partial charge in [0.2, 0.25) is 0 Å². The van der Waals surface area contributed by atoms with Crippen LogP contribution < -0.4 is 5.32 Å². The predicted molar refractivity (Wildman–Crippen MR) is 69.8 cm³/mol. The summed E-state index contributed by atoms with van der Waals surface area (Å²) >= 11 is 0. The summed E-state index contributed by atoms with van der Waals surface area (Å²) in [7, 11) is 0. The Kier molecular flexibility index (Phi) is 3.91. The third-order valence-electron chi connectivity index (χ3n) is 2.60. The standard InChI is InChI=1S/C14H14N2O2/c17-14(18)12-3-5-13(6-4-12)16-9-7-11-2-1-8-15-10-11/h1-6,8,10,16H,7,9H2,(H,17,18). The van der Waals surface area contributed by atoms with Gasteiger partial charge in [0.1, 0.15) is 0 Å². The summed E-state index contributed by atoms with van der Waals surface area (Å²) in [5, 5.41) is 12.0. The summed E-state index contributed by atoms with van der Waals surface area (Å²) in [6.45, 7) is 0.790. The van der Waals surface area contributed by atoms with Crippen LogP contribution in [0.2, 0.25) is 0 Å². The van der Waals surface area contributed by atoms with Crippen molar-refractivity contribution < 1.29 is 9.90 Å². The maximum atomic E-state index is 10.7. The molecule has 92 valence electrons. The van der Waals surface area contributed by atoms with Gasteiger partial charge in [0.25, 0.3) is 0 Å². The molecule has 0 aliphatic carbocycles. The van der Waals surface area contributed by atoms with Gasteiger partial charge in [-0.05, 0) is 42.3 Å². The van der Waals surface area contributed by atoms with E-state index in [9.17, 15) is 4.79 Å². The number of aromatic nitrogens is 1. The molecule has 0 aliphatic heterocycles. The summed E-state index contributed by atoms with van der Waals surface area (Å²) in [5.41, 5.74) is 2.39. The molecule has 2 aromatic rings. The van der Waals surface area contributed by atoms with Gasteiger partial charge in [0, 0.05) is 24.6 Å². The Labute approximate surface area is 105 Å². The van der Waals surface area contributed by atoms with Crippen molar-refractivity contribution in [2.24, 2.45) is 0 Å². The minimum absolute atomic E-state index is 0.299. The molecule has 1 aromatic carbocycles. The van der Waals surface area contributed by atoms with Gasteiger partial charge < -0.3 is 10.4 Å². The topological polar surface area (TPSA) is 62.2 Å². The highest BCUT2D eigenvalue weighted by Gasteiger charge is 2.01. The molecule has 1 aromatic heterocycles. The van der Waals surface area contributed by atoms with Crippen LogP contribution in [0.1, 0.15) is 15.9 Å². The van der Waals surface area contributed by atoms with Gasteiger partial charge in [-0.3, -0.25) is 4.98 Å². The second-order valence-corrected chi connectivity index (χ2v) is 3.92. The number of hydrogen-bond donors (Lipinski definition) is 2. The molecule has 0 radical (unpaired) electrons. The van der Waals surface area contributed by atoms with Gasteiger partial charge >= 0.3 is 5.97 Å². The lowest BCUT2D eigenvalue weighted by molar-refractivity contribution is 0.0697. The Morgan fingerprint density at radius 1 is 1.22 bits per heavy atom. The van der Waals surface area contributed by atoms with Crippen molar-refractivity contribution in [3.8, 4) is 0 Å². The normalized spacial score (nSPS) is 10.0. The van der Waals surface area contributed by atoms with Gasteiger partial charge in [0.05, 0.1) is 5.56 Å². The van der Waals surface area contributed by atoms with E-state index in [4.69, 9.17) is 5.11 Å². The smallest absolute Gasteiger partial charge is 0.335 e. The zero-order chi connectivity index (χ0) is 12.8. The Bertz CT molecular complexity index is 509. The lowest BCUT2D eigenvalue weighted by Gasteiger charge is -2.06. The lowest BCUT2D eigenvalue weighted by atomic mass is 10.2. The summed E-state index contributed by atoms with van der Waals surface area (Å²) in [6.07, 6.45) is 4.48. The van der Waals surface area contributed by atoms with Crippen molar-refractivity contribution in [2.75, 3.05) is 11.9 Å². The van der Waals surface area contributed by atoms with Crippen LogP contribution in [-0.2, 0) is 6.42 Å². The third-order valence-corrected chi connectivity index (χ3v) is 2.60. The molecule has 0 atom stereocenters. The Hall–Kier alpha value is -2.36. The highest BCUT2D eigenvalue weighted by molar-refractivity contribution is 5.87. The van der Waals surface area contributed by atoms with Crippen molar-refractivity contribution in [3.63, 3.8) is 0 Å². The van der Waals surface area contributed by atoms with Crippen molar-refractivity contribution in [3.05, 3.63) is 59.9 Å². The van der Waals surface area contributed by atoms with E-state index in [1.807, 2.05) is 18.3 Å². The SMILES string of the molecule is O=C(O)c1ccc(NCCc2cccnc2)cc1. The van der Waals surface area contributed by atoms with E-state index in [0.717, 1.165) is 18.7 Å². The molecule has 4 heteroatoms. The number of pyridine rings is 1. The molecule has 0 amide bonds. The third kappa shape index (κ3) is 3.31. The van der Waals surface area contributed by atoms with E-state index >= 15 is 0 Å². The number of carbonyl (C=O) groups is 1. The first-order chi connectivity index (χ1) is 8.75. The monoisotopic (exact) mass is 242 g/mol. The Balaban J connectivity index is 1.85. The summed E-state index contributed by atoms with van der Waals surface area (Å²) < 4.78 is 0. The van der Waals surface area contributed by atoms with Crippen molar-refractivity contribution in [1.29, 1.82) is 0 Å². The molecular formula is C14H14N2O2. The number of nitrogens with zero attached hydrogens (tertiary/aromatic N) is 1. The van der Waals surface area contributed by atoms with Gasteiger partial charge in [0.15, 0.2) is 0 Å². The van der Waals surface area contributed by atoms with Crippen LogP contribution in [0.5, 0.6) is 0 Å². The van der Waals surface area contributed by atoms with Gasteiger partial charge in [-0.25, -0.2) is 4.79 Å². The van der Waals surface area contributed by atoms with Crippen LogP contribution in [0.25, 0.3) is 0 Å². The van der Waals surface area contributed by atoms with Gasteiger partial charge in [-0.1, -0.05) is 6.07 Å². The predicted octanol–water partition coefficient (Wildman–Crippen LogP) is 2.43. The van der Waals surface area contributed by atoms with Crippen molar-refractivity contribution >= 4 is 11.7 Å². The van der Waals surface area contributed by atoms with Gasteiger partial charge in [-0.2, -0.15) is 0 Å².